The van der Waals surface area contributed by atoms with Gasteiger partial charge >= 0.3 is 0 Å². The lowest BCUT2D eigenvalue weighted by Gasteiger charge is -2.10. The predicted octanol–water partition coefficient (Wildman–Crippen LogP) is 3.14. The van der Waals surface area contributed by atoms with E-state index in [1.165, 1.54) is 37.6 Å². The summed E-state index contributed by atoms with van der Waals surface area (Å²) in [5, 5.41) is 2.64. The van der Waals surface area contributed by atoms with Crippen molar-refractivity contribution in [2.24, 2.45) is 0 Å². The lowest BCUT2D eigenvalue weighted by Crippen LogP contribution is -2.15. The van der Waals surface area contributed by atoms with E-state index in [4.69, 9.17) is 4.74 Å². The molecule has 1 aromatic heterocycles. The number of ether oxygens (including phenoxy) is 1. The molecule has 0 saturated carbocycles. The van der Waals surface area contributed by atoms with E-state index in [1.807, 2.05) is 0 Å². The van der Waals surface area contributed by atoms with E-state index in [0.29, 0.717) is 17.0 Å². The van der Waals surface area contributed by atoms with Crippen molar-refractivity contribution in [1.82, 2.24) is 4.98 Å². The van der Waals surface area contributed by atoms with E-state index in [0.717, 1.165) is 0 Å². The van der Waals surface area contributed by atoms with Gasteiger partial charge in [-0.15, -0.1) is 0 Å². The highest BCUT2D eigenvalue weighted by atomic mass is 32.2. The van der Waals surface area contributed by atoms with Crippen molar-refractivity contribution >= 4 is 27.4 Å². The maximum absolute atomic E-state index is 12.4. The number of pyridine rings is 1. The third-order valence-electron chi connectivity index (χ3n) is 3.68. The third kappa shape index (κ3) is 4.42. The molecule has 2 aromatic carbocycles. The number of hydrogen-bond acceptors (Lipinski definition) is 5. The highest BCUT2D eigenvalue weighted by Crippen LogP contribution is 2.21. The first-order chi connectivity index (χ1) is 13.0. The van der Waals surface area contributed by atoms with Gasteiger partial charge in [0.25, 0.3) is 15.9 Å². The molecule has 1 amide bonds. The van der Waals surface area contributed by atoms with Crippen LogP contribution in [0.1, 0.15) is 10.4 Å². The molecule has 1 heterocycles. The maximum Gasteiger partial charge on any atom is 0.261 e. The molecule has 0 bridgehead atoms. The van der Waals surface area contributed by atoms with E-state index < -0.39 is 15.9 Å². The molecule has 3 aromatic rings. The predicted molar refractivity (Wildman–Crippen MR) is 102 cm³/mol. The van der Waals surface area contributed by atoms with Gasteiger partial charge in [0, 0.05) is 17.4 Å². The molecule has 8 heteroatoms. The number of nitrogens with one attached hydrogen (secondary N) is 2. The van der Waals surface area contributed by atoms with Crippen LogP contribution in [-0.2, 0) is 10.0 Å². The molecule has 2 N–H and O–H groups in total. The van der Waals surface area contributed by atoms with Gasteiger partial charge in [-0.1, -0.05) is 18.2 Å². The Morgan fingerprint density at radius 3 is 2.33 bits per heavy atom. The van der Waals surface area contributed by atoms with Gasteiger partial charge in [0.15, 0.2) is 11.6 Å². The molecule has 0 spiro atoms. The van der Waals surface area contributed by atoms with E-state index in [1.54, 1.807) is 42.5 Å². The number of carbonyl (C=O) groups is 1. The monoisotopic (exact) mass is 383 g/mol. The summed E-state index contributed by atoms with van der Waals surface area (Å²) in [4.78, 5) is 16.5. The van der Waals surface area contributed by atoms with Crippen molar-refractivity contribution in [3.63, 3.8) is 0 Å². The fourth-order valence-corrected chi connectivity index (χ4v) is 3.39. The second-order valence-corrected chi connectivity index (χ2v) is 7.19. The van der Waals surface area contributed by atoms with Gasteiger partial charge in [-0.3, -0.25) is 9.52 Å². The average Bonchev–Trinajstić information content (AvgIpc) is 2.69. The van der Waals surface area contributed by atoms with Gasteiger partial charge in [-0.2, -0.15) is 0 Å². The molecule has 138 valence electrons. The fraction of sp³-hybridized carbons (Fsp3) is 0.0526. The number of anilines is 2. The number of aromatic nitrogens is 1. The molecule has 27 heavy (non-hydrogen) atoms. The minimum atomic E-state index is -3.74. The molecule has 0 aliphatic rings. The molecular weight excluding hydrogens is 366 g/mol. The van der Waals surface area contributed by atoms with E-state index in [-0.39, 0.29) is 10.7 Å². The summed E-state index contributed by atoms with van der Waals surface area (Å²) in [5.74, 6) is 0.288. The van der Waals surface area contributed by atoms with Crippen LogP contribution in [0.25, 0.3) is 0 Å². The second kappa shape index (κ2) is 7.88. The summed E-state index contributed by atoms with van der Waals surface area (Å²) in [6.45, 7) is 0. The van der Waals surface area contributed by atoms with E-state index >= 15 is 0 Å². The summed E-state index contributed by atoms with van der Waals surface area (Å²) in [6, 6.07) is 17.5. The number of benzene rings is 2. The van der Waals surface area contributed by atoms with Crippen LogP contribution in [0.3, 0.4) is 0 Å². The van der Waals surface area contributed by atoms with Crippen molar-refractivity contribution in [1.29, 1.82) is 0 Å². The molecule has 0 unspecified atom stereocenters. The quantitative estimate of drug-likeness (QED) is 0.681. The van der Waals surface area contributed by atoms with Crippen LogP contribution in [0, 0.1) is 0 Å². The Hall–Kier alpha value is -3.39. The molecule has 0 aliphatic heterocycles. The van der Waals surface area contributed by atoms with Gasteiger partial charge in [-0.25, -0.2) is 13.4 Å². The number of nitrogens with zero attached hydrogens (tertiary/aromatic N) is 1. The summed E-state index contributed by atoms with van der Waals surface area (Å²) in [6.07, 6.45) is 1.53. The maximum atomic E-state index is 12.4. The fourth-order valence-electron chi connectivity index (χ4n) is 2.33. The normalized spacial score (nSPS) is 10.9. The van der Waals surface area contributed by atoms with E-state index in [2.05, 4.69) is 15.0 Å². The number of rotatable bonds is 6. The number of hydrogen-bond donors (Lipinski definition) is 2. The second-order valence-electron chi connectivity index (χ2n) is 5.50. The van der Waals surface area contributed by atoms with Crippen LogP contribution < -0.4 is 14.8 Å². The highest BCUT2D eigenvalue weighted by Gasteiger charge is 2.16. The Morgan fingerprint density at radius 1 is 0.963 bits per heavy atom. The molecule has 0 fully saturated rings. The molecule has 3 rings (SSSR count). The minimum Gasteiger partial charge on any atom is -0.493 e. The Balaban J connectivity index is 1.75. The number of methoxy groups -OCH3 is 1. The number of sulfonamides is 1. The van der Waals surface area contributed by atoms with Gasteiger partial charge in [0.1, 0.15) is 0 Å². The zero-order valence-corrected chi connectivity index (χ0v) is 15.2. The Kier molecular flexibility index (Phi) is 5.37. The van der Waals surface area contributed by atoms with Crippen molar-refractivity contribution in [2.45, 2.75) is 4.90 Å². The number of carbonyl (C=O) groups excluding carboxylic acids is 1. The summed E-state index contributed by atoms with van der Waals surface area (Å²) in [7, 11) is -2.26. The first-order valence-electron chi connectivity index (χ1n) is 7.98. The molecule has 0 saturated heterocycles. The van der Waals surface area contributed by atoms with Crippen LogP contribution in [0.2, 0.25) is 0 Å². The Labute approximate surface area is 157 Å². The van der Waals surface area contributed by atoms with Crippen LogP contribution in [0.4, 0.5) is 11.5 Å². The molecule has 0 radical (unpaired) electrons. The zero-order chi connectivity index (χ0) is 19.3. The smallest absolute Gasteiger partial charge is 0.261 e. The Morgan fingerprint density at radius 2 is 1.67 bits per heavy atom. The first kappa shape index (κ1) is 18.4. The van der Waals surface area contributed by atoms with Crippen molar-refractivity contribution in [2.75, 3.05) is 17.1 Å². The summed E-state index contributed by atoms with van der Waals surface area (Å²) < 4.78 is 32.5. The SMILES string of the molecule is COc1cccnc1NC(=O)c1ccc(S(=O)(=O)Nc2ccccc2)cc1. The van der Waals surface area contributed by atoms with Crippen molar-refractivity contribution < 1.29 is 17.9 Å². The highest BCUT2D eigenvalue weighted by molar-refractivity contribution is 7.92. The van der Waals surface area contributed by atoms with Crippen LogP contribution >= 0.6 is 0 Å². The number of amides is 1. The Bertz CT molecular complexity index is 1040. The first-order valence-corrected chi connectivity index (χ1v) is 9.46. The van der Waals surface area contributed by atoms with Crippen LogP contribution in [0.15, 0.2) is 77.8 Å². The zero-order valence-electron chi connectivity index (χ0n) is 14.4. The topological polar surface area (TPSA) is 97.4 Å². The summed E-state index contributed by atoms with van der Waals surface area (Å²) in [5.41, 5.74) is 0.753. The van der Waals surface area contributed by atoms with Crippen molar-refractivity contribution in [3.8, 4) is 5.75 Å². The van der Waals surface area contributed by atoms with E-state index in [9.17, 15) is 13.2 Å². The van der Waals surface area contributed by atoms with Gasteiger partial charge in [-0.05, 0) is 48.5 Å². The summed E-state index contributed by atoms with van der Waals surface area (Å²) >= 11 is 0. The lowest BCUT2D eigenvalue weighted by atomic mass is 10.2. The number of para-hydroxylation sites is 1. The molecule has 0 aliphatic carbocycles. The van der Waals surface area contributed by atoms with Gasteiger partial charge in [0.2, 0.25) is 0 Å². The molecule has 7 nitrogen and oxygen atoms in total. The average molecular weight is 383 g/mol. The lowest BCUT2D eigenvalue weighted by molar-refractivity contribution is 0.102. The van der Waals surface area contributed by atoms with Crippen molar-refractivity contribution in [3.05, 3.63) is 78.5 Å². The van der Waals surface area contributed by atoms with Crippen LogP contribution in [0.5, 0.6) is 5.75 Å². The minimum absolute atomic E-state index is 0.0540. The standard InChI is InChI=1S/C19H17N3O4S/c1-26-17-8-5-13-20-18(17)21-19(23)14-9-11-16(12-10-14)27(24,25)22-15-6-3-2-4-7-15/h2-13,22H,1H3,(H,20,21,23). The third-order valence-corrected chi connectivity index (χ3v) is 5.07. The van der Waals surface area contributed by atoms with Crippen LogP contribution in [-0.4, -0.2) is 26.4 Å². The largest absolute Gasteiger partial charge is 0.493 e. The molecular formula is C19H17N3O4S. The van der Waals surface area contributed by atoms with Gasteiger partial charge in [0.05, 0.1) is 12.0 Å². The van der Waals surface area contributed by atoms with Gasteiger partial charge < -0.3 is 10.1 Å². The molecule has 0 atom stereocenters.